The van der Waals surface area contributed by atoms with E-state index in [0.29, 0.717) is 11.7 Å². The Balaban J connectivity index is 2.03. The van der Waals surface area contributed by atoms with E-state index in [1.54, 1.807) is 4.52 Å². The molecule has 3 rings (SSSR count). The van der Waals surface area contributed by atoms with Crippen molar-refractivity contribution < 1.29 is 4.74 Å². The van der Waals surface area contributed by atoms with E-state index in [0.717, 1.165) is 15.0 Å². The van der Waals surface area contributed by atoms with Crippen LogP contribution in [-0.2, 0) is 0 Å². The topological polar surface area (TPSA) is 52.3 Å². The Kier molecular flexibility index (Phi) is 2.86. The van der Waals surface area contributed by atoms with E-state index >= 15 is 0 Å². The van der Waals surface area contributed by atoms with Crippen LogP contribution in [0.3, 0.4) is 0 Å². The number of aryl methyl sites for hydroxylation is 1. The van der Waals surface area contributed by atoms with Crippen LogP contribution in [0.1, 0.15) is 5.69 Å². The summed E-state index contributed by atoms with van der Waals surface area (Å²) in [6.07, 6.45) is 1.46. The molecule has 1 aromatic carbocycles. The first-order chi connectivity index (χ1) is 8.72. The Bertz CT molecular complexity index is 693. The molecule has 5 nitrogen and oxygen atoms in total. The fourth-order valence-electron chi connectivity index (χ4n) is 1.59. The molecule has 0 N–H and O–H groups in total. The number of aromatic nitrogens is 4. The lowest BCUT2D eigenvalue weighted by Gasteiger charge is -2.07. The molecule has 0 atom stereocenters. The van der Waals surface area contributed by atoms with Gasteiger partial charge < -0.3 is 4.74 Å². The van der Waals surface area contributed by atoms with Gasteiger partial charge in [0.25, 0.3) is 5.78 Å². The maximum atomic E-state index is 5.80. The lowest BCUT2D eigenvalue weighted by atomic mass is 10.3. The van der Waals surface area contributed by atoms with Crippen LogP contribution >= 0.6 is 22.6 Å². The molecule has 0 aliphatic rings. The van der Waals surface area contributed by atoms with Gasteiger partial charge in [0.05, 0.1) is 0 Å². The predicted octanol–water partition coefficient (Wildman–Crippen LogP) is 2.83. The predicted molar refractivity (Wildman–Crippen MR) is 74.8 cm³/mol. The van der Waals surface area contributed by atoms with Gasteiger partial charge in [-0.25, -0.2) is 4.98 Å². The summed E-state index contributed by atoms with van der Waals surface area (Å²) in [4.78, 5) is 8.32. The maximum Gasteiger partial charge on any atom is 0.255 e. The molecule has 0 saturated carbocycles. The Morgan fingerprint density at radius 2 is 2.00 bits per heavy atom. The number of nitrogens with zero attached hydrogens (tertiary/aromatic N) is 4. The van der Waals surface area contributed by atoms with Gasteiger partial charge in [-0.05, 0) is 53.8 Å². The Morgan fingerprint density at radius 1 is 1.22 bits per heavy atom. The van der Waals surface area contributed by atoms with E-state index in [4.69, 9.17) is 4.74 Å². The van der Waals surface area contributed by atoms with E-state index < -0.39 is 0 Å². The third-order valence-corrected chi connectivity index (χ3v) is 3.10. The van der Waals surface area contributed by atoms with Crippen LogP contribution in [0.15, 0.2) is 36.7 Å². The van der Waals surface area contributed by atoms with Crippen molar-refractivity contribution >= 4 is 28.4 Å². The smallest absolute Gasteiger partial charge is 0.255 e. The summed E-state index contributed by atoms with van der Waals surface area (Å²) in [5.41, 5.74) is 0.844. The van der Waals surface area contributed by atoms with Gasteiger partial charge in [-0.3, -0.25) is 0 Å². The largest absolute Gasteiger partial charge is 0.439 e. The summed E-state index contributed by atoms with van der Waals surface area (Å²) >= 11 is 2.25. The van der Waals surface area contributed by atoms with Crippen molar-refractivity contribution in [3.05, 3.63) is 45.9 Å². The average Bonchev–Trinajstić information content (AvgIpc) is 2.80. The summed E-state index contributed by atoms with van der Waals surface area (Å²) in [5.74, 6) is 1.91. The second-order valence-corrected chi connectivity index (χ2v) is 5.01. The number of fused-ring (bicyclic) bond motifs is 1. The molecule has 18 heavy (non-hydrogen) atoms. The molecule has 2 heterocycles. The molecule has 6 heteroatoms. The molecule has 0 saturated heterocycles. The number of hydrogen-bond donors (Lipinski definition) is 0. The molecule has 0 aliphatic carbocycles. The van der Waals surface area contributed by atoms with Crippen LogP contribution in [0.2, 0.25) is 0 Å². The van der Waals surface area contributed by atoms with E-state index in [1.165, 1.54) is 6.33 Å². The first-order valence-corrected chi connectivity index (χ1v) is 6.41. The molecule has 0 radical (unpaired) electrons. The minimum atomic E-state index is 0.538. The van der Waals surface area contributed by atoms with Crippen molar-refractivity contribution in [3.8, 4) is 11.6 Å². The minimum absolute atomic E-state index is 0.538. The van der Waals surface area contributed by atoms with Crippen molar-refractivity contribution in [3.63, 3.8) is 0 Å². The highest BCUT2D eigenvalue weighted by atomic mass is 127. The zero-order chi connectivity index (χ0) is 12.5. The molecular formula is C12H9IN4O. The van der Waals surface area contributed by atoms with E-state index in [1.807, 2.05) is 37.3 Å². The lowest BCUT2D eigenvalue weighted by molar-refractivity contribution is 0.445. The van der Waals surface area contributed by atoms with Crippen molar-refractivity contribution in [1.82, 2.24) is 19.6 Å². The van der Waals surface area contributed by atoms with Gasteiger partial charge in [-0.1, -0.05) is 0 Å². The van der Waals surface area contributed by atoms with Crippen molar-refractivity contribution in [2.75, 3.05) is 0 Å². The first-order valence-electron chi connectivity index (χ1n) is 5.33. The zero-order valence-electron chi connectivity index (χ0n) is 9.54. The number of rotatable bonds is 2. The lowest BCUT2D eigenvalue weighted by Crippen LogP contribution is -1.99. The summed E-state index contributed by atoms with van der Waals surface area (Å²) in [6.45, 7) is 1.90. The number of benzene rings is 1. The third-order valence-electron chi connectivity index (χ3n) is 2.38. The molecule has 0 unspecified atom stereocenters. The molecule has 0 fully saturated rings. The quantitative estimate of drug-likeness (QED) is 0.666. The maximum absolute atomic E-state index is 5.80. The van der Waals surface area contributed by atoms with E-state index in [-0.39, 0.29) is 0 Å². The number of halogens is 1. The second kappa shape index (κ2) is 4.52. The molecule has 2 aromatic heterocycles. The van der Waals surface area contributed by atoms with Gasteiger partial charge in [0.2, 0.25) is 5.88 Å². The van der Waals surface area contributed by atoms with Crippen molar-refractivity contribution in [2.45, 2.75) is 6.92 Å². The van der Waals surface area contributed by atoms with E-state index in [2.05, 4.69) is 37.7 Å². The zero-order valence-corrected chi connectivity index (χ0v) is 11.7. The van der Waals surface area contributed by atoms with Gasteiger partial charge in [0, 0.05) is 15.3 Å². The van der Waals surface area contributed by atoms with Gasteiger partial charge in [-0.2, -0.15) is 14.6 Å². The highest BCUT2D eigenvalue weighted by molar-refractivity contribution is 14.1. The summed E-state index contributed by atoms with van der Waals surface area (Å²) in [7, 11) is 0. The van der Waals surface area contributed by atoms with Gasteiger partial charge in [-0.15, -0.1) is 0 Å². The van der Waals surface area contributed by atoms with Crippen LogP contribution in [0.4, 0.5) is 0 Å². The molecule has 0 bridgehead atoms. The molecule has 90 valence electrons. The van der Waals surface area contributed by atoms with Crippen molar-refractivity contribution in [1.29, 1.82) is 0 Å². The first kappa shape index (κ1) is 11.4. The molecule has 0 amide bonds. The normalized spacial score (nSPS) is 10.8. The Labute approximate surface area is 117 Å². The van der Waals surface area contributed by atoms with Crippen LogP contribution in [0.5, 0.6) is 11.6 Å². The molecule has 0 spiro atoms. The molecule has 3 aromatic rings. The van der Waals surface area contributed by atoms with Crippen LogP contribution in [0, 0.1) is 10.5 Å². The second-order valence-electron chi connectivity index (χ2n) is 3.76. The minimum Gasteiger partial charge on any atom is -0.439 e. The van der Waals surface area contributed by atoms with Gasteiger partial charge in [0.1, 0.15) is 12.1 Å². The number of ether oxygens (including phenoxy) is 1. The van der Waals surface area contributed by atoms with Gasteiger partial charge >= 0.3 is 0 Å². The van der Waals surface area contributed by atoms with E-state index in [9.17, 15) is 0 Å². The fourth-order valence-corrected chi connectivity index (χ4v) is 1.95. The SMILES string of the molecule is Cc1cc(Oc2ccc(I)cc2)n2ncnc2n1. The average molecular weight is 352 g/mol. The summed E-state index contributed by atoms with van der Waals surface area (Å²) < 4.78 is 8.54. The standard InChI is InChI=1S/C12H9IN4O/c1-8-6-11(17-12(16-8)14-7-15-17)18-10-4-2-9(13)3-5-10/h2-7H,1H3. The van der Waals surface area contributed by atoms with Crippen LogP contribution in [-0.4, -0.2) is 19.6 Å². The van der Waals surface area contributed by atoms with Crippen LogP contribution < -0.4 is 4.74 Å². The molecular weight excluding hydrogens is 343 g/mol. The molecule has 0 aliphatic heterocycles. The van der Waals surface area contributed by atoms with Crippen molar-refractivity contribution in [2.24, 2.45) is 0 Å². The monoisotopic (exact) mass is 352 g/mol. The van der Waals surface area contributed by atoms with Crippen LogP contribution in [0.25, 0.3) is 5.78 Å². The highest BCUT2D eigenvalue weighted by Crippen LogP contribution is 2.22. The third kappa shape index (κ3) is 2.15. The number of hydrogen-bond acceptors (Lipinski definition) is 4. The fraction of sp³-hybridized carbons (Fsp3) is 0.0833. The van der Waals surface area contributed by atoms with Gasteiger partial charge in [0.15, 0.2) is 0 Å². The Morgan fingerprint density at radius 3 is 2.78 bits per heavy atom. The summed E-state index contributed by atoms with van der Waals surface area (Å²) in [5, 5.41) is 4.09. The Hall–Kier alpha value is -1.70. The summed E-state index contributed by atoms with van der Waals surface area (Å²) in [6, 6.07) is 9.64. The highest BCUT2D eigenvalue weighted by Gasteiger charge is 2.07.